The van der Waals surface area contributed by atoms with Gasteiger partial charge in [0.05, 0.1) is 12.8 Å². The Balaban J connectivity index is 1.17. The zero-order valence-electron chi connectivity index (χ0n) is 19.3. The molecule has 0 radical (unpaired) electrons. The first-order chi connectivity index (χ1) is 16.5. The minimum absolute atomic E-state index is 0.0281. The van der Waals surface area contributed by atoms with Gasteiger partial charge in [0.1, 0.15) is 18.0 Å². The van der Waals surface area contributed by atoms with Gasteiger partial charge in [-0.2, -0.15) is 4.98 Å². The van der Waals surface area contributed by atoms with E-state index in [1.165, 1.54) is 4.90 Å². The normalized spacial score (nSPS) is 14.9. The smallest absolute Gasteiger partial charge is 0.268 e. The van der Waals surface area contributed by atoms with Gasteiger partial charge in [0.25, 0.3) is 5.91 Å². The summed E-state index contributed by atoms with van der Waals surface area (Å²) in [6.45, 7) is 2.20. The lowest BCUT2D eigenvalue weighted by atomic mass is 10.2. The van der Waals surface area contributed by atoms with Crippen molar-refractivity contribution < 1.29 is 23.6 Å². The summed E-state index contributed by atoms with van der Waals surface area (Å²) in [5.74, 6) is 2.11. The van der Waals surface area contributed by atoms with Crippen molar-refractivity contribution in [3.8, 4) is 22.9 Å². The van der Waals surface area contributed by atoms with Gasteiger partial charge < -0.3 is 19.3 Å². The van der Waals surface area contributed by atoms with E-state index in [4.69, 9.17) is 14.0 Å². The number of benzene rings is 2. The van der Waals surface area contributed by atoms with E-state index in [0.29, 0.717) is 36.1 Å². The molecule has 9 heteroatoms. The fraction of sp³-hybridized carbons (Fsp3) is 0.360. The lowest BCUT2D eigenvalue weighted by molar-refractivity contribution is -0.128. The molecule has 1 aliphatic heterocycles. The van der Waals surface area contributed by atoms with Gasteiger partial charge in [-0.05, 0) is 56.2 Å². The molecule has 1 aliphatic rings. The van der Waals surface area contributed by atoms with Crippen molar-refractivity contribution in [2.75, 3.05) is 25.1 Å². The Morgan fingerprint density at radius 1 is 1.12 bits per heavy atom. The number of rotatable bonds is 10. The maximum atomic E-state index is 12.5. The van der Waals surface area contributed by atoms with E-state index >= 15 is 0 Å². The molecule has 1 aromatic heterocycles. The molecule has 0 saturated heterocycles. The van der Waals surface area contributed by atoms with Crippen LogP contribution in [-0.2, 0) is 16.0 Å². The highest BCUT2D eigenvalue weighted by atomic mass is 16.5. The van der Waals surface area contributed by atoms with Crippen LogP contribution in [0.25, 0.3) is 11.4 Å². The third-order valence-electron chi connectivity index (χ3n) is 5.58. The molecular weight excluding hydrogens is 436 g/mol. The van der Waals surface area contributed by atoms with E-state index in [9.17, 15) is 9.59 Å². The number of anilines is 1. The molecule has 0 fully saturated rings. The molecule has 3 aromatic rings. The van der Waals surface area contributed by atoms with Gasteiger partial charge in [0, 0.05) is 18.5 Å². The first kappa shape index (κ1) is 23.3. The molecule has 1 atom stereocenters. The van der Waals surface area contributed by atoms with Gasteiger partial charge >= 0.3 is 0 Å². The number of nitrogens with zero attached hydrogens (tertiary/aromatic N) is 3. The molecule has 0 aliphatic carbocycles. The van der Waals surface area contributed by atoms with Gasteiger partial charge in [0.2, 0.25) is 17.6 Å². The predicted octanol–water partition coefficient (Wildman–Crippen LogP) is 3.39. The molecule has 2 heterocycles. The second kappa shape index (κ2) is 10.8. The number of nitrogens with one attached hydrogen (secondary N) is 1. The Kier molecular flexibility index (Phi) is 7.41. The van der Waals surface area contributed by atoms with Crippen LogP contribution in [0, 0.1) is 0 Å². The summed E-state index contributed by atoms with van der Waals surface area (Å²) < 4.78 is 16.1. The van der Waals surface area contributed by atoms with Crippen LogP contribution in [0.2, 0.25) is 0 Å². The van der Waals surface area contributed by atoms with Crippen LogP contribution < -0.4 is 19.7 Å². The molecule has 2 aromatic carbocycles. The summed E-state index contributed by atoms with van der Waals surface area (Å²) in [6, 6.07) is 14.7. The summed E-state index contributed by atoms with van der Waals surface area (Å²) in [7, 11) is 1.62. The third-order valence-corrected chi connectivity index (χ3v) is 5.58. The molecule has 1 N–H and O–H groups in total. The van der Waals surface area contributed by atoms with E-state index in [1.54, 1.807) is 26.2 Å². The molecule has 0 spiro atoms. The van der Waals surface area contributed by atoms with E-state index in [-0.39, 0.29) is 18.4 Å². The Morgan fingerprint density at radius 2 is 1.91 bits per heavy atom. The van der Waals surface area contributed by atoms with Crippen LogP contribution >= 0.6 is 0 Å². The van der Waals surface area contributed by atoms with E-state index in [0.717, 1.165) is 30.6 Å². The highest BCUT2D eigenvalue weighted by Gasteiger charge is 2.32. The number of ether oxygens (including phenoxy) is 2. The predicted molar refractivity (Wildman–Crippen MR) is 126 cm³/mol. The summed E-state index contributed by atoms with van der Waals surface area (Å²) in [6.07, 6.45) is 2.64. The number of unbranched alkanes of at least 4 members (excludes halogenated alkanes) is 2. The maximum Gasteiger partial charge on any atom is 0.268 e. The van der Waals surface area contributed by atoms with Gasteiger partial charge in [0.15, 0.2) is 6.10 Å². The van der Waals surface area contributed by atoms with Gasteiger partial charge in [-0.15, -0.1) is 0 Å². The molecule has 178 valence electrons. The molecule has 4 rings (SSSR count). The zero-order chi connectivity index (χ0) is 23.9. The second-order valence-corrected chi connectivity index (χ2v) is 8.05. The Morgan fingerprint density at radius 3 is 2.71 bits per heavy atom. The number of amides is 2. The Hall–Kier alpha value is -3.88. The van der Waals surface area contributed by atoms with Gasteiger partial charge in [-0.3, -0.25) is 14.5 Å². The van der Waals surface area contributed by atoms with Crippen molar-refractivity contribution in [3.05, 3.63) is 54.4 Å². The van der Waals surface area contributed by atoms with Crippen LogP contribution in [0.5, 0.6) is 11.5 Å². The molecule has 9 nitrogen and oxygen atoms in total. The van der Waals surface area contributed by atoms with Crippen molar-refractivity contribution in [1.29, 1.82) is 0 Å². The van der Waals surface area contributed by atoms with E-state index in [1.807, 2.05) is 36.4 Å². The van der Waals surface area contributed by atoms with E-state index < -0.39 is 6.10 Å². The standard InChI is InChI=1S/C25H28N4O5/c1-17-25(31)29(20-8-5-6-9-21(20)33-17)16-22(30)26-15-7-3-4-10-23-27-24(28-34-23)18-11-13-19(32-2)14-12-18/h5-6,8-9,11-14,17H,3-4,7,10,15-16H2,1-2H3,(H,26,30)/t17-/m1/s1. The van der Waals surface area contributed by atoms with E-state index in [2.05, 4.69) is 15.5 Å². The number of aromatic nitrogens is 2. The molecule has 0 saturated carbocycles. The highest BCUT2D eigenvalue weighted by Crippen LogP contribution is 2.33. The lowest BCUT2D eigenvalue weighted by Crippen LogP contribution is -2.48. The number of methoxy groups -OCH3 is 1. The fourth-order valence-corrected chi connectivity index (χ4v) is 3.74. The number of aryl methyl sites for hydroxylation is 1. The number of hydrogen-bond donors (Lipinski definition) is 1. The van der Waals surface area contributed by atoms with Crippen molar-refractivity contribution >= 4 is 17.5 Å². The lowest BCUT2D eigenvalue weighted by Gasteiger charge is -2.32. The summed E-state index contributed by atoms with van der Waals surface area (Å²) in [4.78, 5) is 30.8. The van der Waals surface area contributed by atoms with Crippen molar-refractivity contribution in [2.45, 2.75) is 38.7 Å². The van der Waals surface area contributed by atoms with Crippen LogP contribution in [-0.4, -0.2) is 48.3 Å². The van der Waals surface area contributed by atoms with Gasteiger partial charge in [-0.25, -0.2) is 0 Å². The zero-order valence-corrected chi connectivity index (χ0v) is 19.3. The highest BCUT2D eigenvalue weighted by molar-refractivity contribution is 6.03. The summed E-state index contributed by atoms with van der Waals surface area (Å²) in [5.41, 5.74) is 1.49. The molecular formula is C25H28N4O5. The summed E-state index contributed by atoms with van der Waals surface area (Å²) in [5, 5.41) is 6.93. The van der Waals surface area contributed by atoms with Crippen LogP contribution in [0.15, 0.2) is 53.1 Å². The molecule has 34 heavy (non-hydrogen) atoms. The van der Waals surface area contributed by atoms with Gasteiger partial charge in [-0.1, -0.05) is 23.7 Å². The SMILES string of the molecule is COc1ccc(-c2noc(CCCCCNC(=O)CN3C(=O)[C@@H](C)Oc4ccccc43)n2)cc1. The third kappa shape index (κ3) is 5.54. The second-order valence-electron chi connectivity index (χ2n) is 8.05. The first-order valence-electron chi connectivity index (χ1n) is 11.4. The average molecular weight is 465 g/mol. The topological polar surface area (TPSA) is 107 Å². The monoisotopic (exact) mass is 464 g/mol. The summed E-state index contributed by atoms with van der Waals surface area (Å²) >= 11 is 0. The van der Waals surface area contributed by atoms with Crippen molar-refractivity contribution in [1.82, 2.24) is 15.5 Å². The average Bonchev–Trinajstić information content (AvgIpc) is 3.33. The van der Waals surface area contributed by atoms with Crippen molar-refractivity contribution in [2.24, 2.45) is 0 Å². The number of para-hydroxylation sites is 2. The van der Waals surface area contributed by atoms with Crippen LogP contribution in [0.1, 0.15) is 32.1 Å². The largest absolute Gasteiger partial charge is 0.497 e. The minimum atomic E-state index is -0.613. The molecule has 2 amide bonds. The molecule has 0 bridgehead atoms. The maximum absolute atomic E-state index is 12.5. The number of carbonyl (C=O) groups is 2. The van der Waals surface area contributed by atoms with Crippen molar-refractivity contribution in [3.63, 3.8) is 0 Å². The Labute approximate surface area is 198 Å². The molecule has 0 unspecified atom stereocenters. The minimum Gasteiger partial charge on any atom is -0.497 e. The number of hydrogen-bond acceptors (Lipinski definition) is 7. The fourth-order valence-electron chi connectivity index (χ4n) is 3.74. The number of carbonyl (C=O) groups excluding carboxylic acids is 2. The Bertz CT molecular complexity index is 1130. The quantitative estimate of drug-likeness (QED) is 0.458. The number of fused-ring (bicyclic) bond motifs is 1. The van der Waals surface area contributed by atoms with Crippen LogP contribution in [0.3, 0.4) is 0 Å². The first-order valence-corrected chi connectivity index (χ1v) is 11.4. The van der Waals surface area contributed by atoms with Crippen LogP contribution in [0.4, 0.5) is 5.69 Å².